The molecule has 0 saturated heterocycles. The number of hydrogen-bond acceptors (Lipinski definition) is 3. The van der Waals surface area contributed by atoms with Gasteiger partial charge in [-0.1, -0.05) is 24.6 Å². The molecular weight excluding hydrogens is 274 g/mol. The number of ether oxygens (including phenoxy) is 1. The minimum Gasteiger partial charge on any atom is -0.492 e. The molecule has 0 aliphatic carbocycles. The van der Waals surface area contributed by atoms with Crippen molar-refractivity contribution in [3.63, 3.8) is 0 Å². The fourth-order valence-corrected chi connectivity index (χ4v) is 2.20. The maximum Gasteiger partial charge on any atom is 0.120 e. The van der Waals surface area contributed by atoms with E-state index in [1.54, 1.807) is 6.07 Å². The lowest BCUT2D eigenvalue weighted by Gasteiger charge is -2.13. The van der Waals surface area contributed by atoms with Crippen LogP contribution in [-0.2, 0) is 19.9 Å². The highest BCUT2D eigenvalue weighted by Crippen LogP contribution is 2.17. The minimum atomic E-state index is -0.0749. The second-order valence-electron chi connectivity index (χ2n) is 4.84. The van der Waals surface area contributed by atoms with Crippen molar-refractivity contribution in [1.29, 1.82) is 0 Å². The lowest BCUT2D eigenvalue weighted by Crippen LogP contribution is -2.31. The number of hydrogen-bond donors (Lipinski definition) is 1. The number of nitrogens with zero attached hydrogens (tertiary/aromatic N) is 2. The molecule has 1 aromatic heterocycles. The number of benzene rings is 1. The first-order valence-corrected chi connectivity index (χ1v) is 7.12. The molecule has 1 unspecified atom stereocenters. The molecule has 1 heterocycles. The van der Waals surface area contributed by atoms with Gasteiger partial charge in [0.05, 0.1) is 5.69 Å². The Morgan fingerprint density at radius 3 is 2.85 bits per heavy atom. The monoisotopic (exact) mass is 293 g/mol. The van der Waals surface area contributed by atoms with E-state index >= 15 is 0 Å². The van der Waals surface area contributed by atoms with Crippen molar-refractivity contribution in [2.24, 2.45) is 12.8 Å². The molecule has 2 aromatic rings. The molecule has 5 heteroatoms. The van der Waals surface area contributed by atoms with Crippen LogP contribution < -0.4 is 10.5 Å². The molecule has 0 saturated carbocycles. The predicted molar refractivity (Wildman–Crippen MR) is 81.2 cm³/mol. The molecule has 1 aromatic carbocycles. The van der Waals surface area contributed by atoms with Crippen LogP contribution in [-0.4, -0.2) is 22.4 Å². The van der Waals surface area contributed by atoms with Gasteiger partial charge in [0.15, 0.2) is 0 Å². The second kappa shape index (κ2) is 6.77. The third-order valence-electron chi connectivity index (χ3n) is 3.12. The summed E-state index contributed by atoms with van der Waals surface area (Å²) in [7, 11) is 1.94. The molecule has 0 spiro atoms. The molecule has 1 atom stereocenters. The average molecular weight is 294 g/mol. The first kappa shape index (κ1) is 14.9. The van der Waals surface area contributed by atoms with Crippen molar-refractivity contribution in [2.75, 3.05) is 6.61 Å². The largest absolute Gasteiger partial charge is 0.492 e. The number of aromatic nitrogens is 2. The van der Waals surface area contributed by atoms with Crippen LogP contribution >= 0.6 is 11.6 Å². The molecule has 2 N–H and O–H groups in total. The van der Waals surface area contributed by atoms with Crippen molar-refractivity contribution in [3.8, 4) is 5.75 Å². The van der Waals surface area contributed by atoms with Gasteiger partial charge in [0.25, 0.3) is 0 Å². The van der Waals surface area contributed by atoms with E-state index in [9.17, 15) is 0 Å². The van der Waals surface area contributed by atoms with Crippen molar-refractivity contribution in [1.82, 2.24) is 9.78 Å². The highest BCUT2D eigenvalue weighted by atomic mass is 35.5. The minimum absolute atomic E-state index is 0.0749. The van der Waals surface area contributed by atoms with Crippen LogP contribution in [0.4, 0.5) is 0 Å². The molecule has 0 fully saturated rings. The smallest absolute Gasteiger partial charge is 0.120 e. The molecule has 108 valence electrons. The molecular formula is C15H20ClN3O. The predicted octanol–water partition coefficient (Wildman–Crippen LogP) is 2.58. The standard InChI is InChI=1S/C15H20ClN3O/c1-3-13-9-14(19(2)18-13)8-12(17)10-20-15-6-4-5-11(16)7-15/h4-7,9,12H,3,8,10,17H2,1-2H3. The molecule has 0 aliphatic heterocycles. The van der Waals surface area contributed by atoms with Gasteiger partial charge in [-0.15, -0.1) is 0 Å². The summed E-state index contributed by atoms with van der Waals surface area (Å²) in [6, 6.07) is 9.35. The van der Waals surface area contributed by atoms with Crippen molar-refractivity contribution >= 4 is 11.6 Å². The topological polar surface area (TPSA) is 53.1 Å². The van der Waals surface area contributed by atoms with E-state index in [1.165, 1.54) is 0 Å². The van der Waals surface area contributed by atoms with Gasteiger partial charge in [-0.25, -0.2) is 0 Å². The van der Waals surface area contributed by atoms with Crippen LogP contribution in [0, 0.1) is 0 Å². The van der Waals surface area contributed by atoms with Crippen LogP contribution in [0.5, 0.6) is 5.75 Å². The van der Waals surface area contributed by atoms with Crippen LogP contribution in [0.15, 0.2) is 30.3 Å². The van der Waals surface area contributed by atoms with Crippen molar-refractivity contribution in [2.45, 2.75) is 25.8 Å². The van der Waals surface area contributed by atoms with Gasteiger partial charge in [0.2, 0.25) is 0 Å². The molecule has 0 bridgehead atoms. The fourth-order valence-electron chi connectivity index (χ4n) is 2.02. The van der Waals surface area contributed by atoms with Crippen LogP contribution in [0.3, 0.4) is 0 Å². The zero-order chi connectivity index (χ0) is 14.5. The van der Waals surface area contributed by atoms with E-state index in [-0.39, 0.29) is 6.04 Å². The molecule has 20 heavy (non-hydrogen) atoms. The number of rotatable bonds is 6. The SMILES string of the molecule is CCc1cc(CC(N)COc2cccc(Cl)c2)n(C)n1. The third-order valence-corrected chi connectivity index (χ3v) is 3.36. The van der Waals surface area contributed by atoms with E-state index in [2.05, 4.69) is 18.1 Å². The van der Waals surface area contributed by atoms with Gasteiger partial charge >= 0.3 is 0 Å². The number of aryl methyl sites for hydroxylation is 2. The van der Waals surface area contributed by atoms with Gasteiger partial charge in [0, 0.05) is 30.2 Å². The van der Waals surface area contributed by atoms with Gasteiger partial charge < -0.3 is 10.5 Å². The zero-order valence-electron chi connectivity index (χ0n) is 11.8. The van der Waals surface area contributed by atoms with Gasteiger partial charge in [-0.2, -0.15) is 5.10 Å². The average Bonchev–Trinajstić information content (AvgIpc) is 2.77. The first-order valence-electron chi connectivity index (χ1n) is 6.74. The quantitative estimate of drug-likeness (QED) is 0.890. The van der Waals surface area contributed by atoms with Gasteiger partial charge in [0.1, 0.15) is 12.4 Å². The second-order valence-corrected chi connectivity index (χ2v) is 5.27. The Morgan fingerprint density at radius 2 is 2.20 bits per heavy atom. The highest BCUT2D eigenvalue weighted by Gasteiger charge is 2.10. The van der Waals surface area contributed by atoms with Crippen LogP contribution in [0.1, 0.15) is 18.3 Å². The first-order chi connectivity index (χ1) is 9.58. The van der Waals surface area contributed by atoms with Crippen LogP contribution in [0.25, 0.3) is 0 Å². The Hall–Kier alpha value is -1.52. The Morgan fingerprint density at radius 1 is 1.40 bits per heavy atom. The summed E-state index contributed by atoms with van der Waals surface area (Å²) in [5.74, 6) is 0.743. The molecule has 4 nitrogen and oxygen atoms in total. The summed E-state index contributed by atoms with van der Waals surface area (Å²) in [6.45, 7) is 2.54. The maximum absolute atomic E-state index is 6.11. The summed E-state index contributed by atoms with van der Waals surface area (Å²) < 4.78 is 7.54. The summed E-state index contributed by atoms with van der Waals surface area (Å²) in [4.78, 5) is 0. The molecule has 0 amide bonds. The summed E-state index contributed by atoms with van der Waals surface area (Å²) in [5.41, 5.74) is 8.33. The summed E-state index contributed by atoms with van der Waals surface area (Å²) >= 11 is 5.91. The lowest BCUT2D eigenvalue weighted by molar-refractivity contribution is 0.286. The number of nitrogens with two attached hydrogens (primary N) is 1. The van der Waals surface area contributed by atoms with Crippen molar-refractivity contribution in [3.05, 3.63) is 46.7 Å². The maximum atomic E-state index is 6.11. The van der Waals surface area contributed by atoms with E-state index in [4.69, 9.17) is 22.1 Å². The molecule has 0 aliphatic rings. The van der Waals surface area contributed by atoms with Crippen molar-refractivity contribution < 1.29 is 4.74 Å². The Labute approximate surface area is 124 Å². The van der Waals surface area contributed by atoms with Crippen LogP contribution in [0.2, 0.25) is 5.02 Å². The summed E-state index contributed by atoms with van der Waals surface area (Å²) in [6.07, 6.45) is 1.67. The van der Waals surface area contributed by atoms with Gasteiger partial charge in [-0.3, -0.25) is 4.68 Å². The Balaban J connectivity index is 1.89. The third kappa shape index (κ3) is 3.99. The fraction of sp³-hybridized carbons (Fsp3) is 0.400. The zero-order valence-corrected chi connectivity index (χ0v) is 12.6. The van der Waals surface area contributed by atoms with E-state index in [0.717, 1.165) is 30.0 Å². The number of halogens is 1. The lowest BCUT2D eigenvalue weighted by atomic mass is 10.1. The Bertz CT molecular complexity index is 568. The highest BCUT2D eigenvalue weighted by molar-refractivity contribution is 6.30. The van der Waals surface area contributed by atoms with E-state index in [1.807, 2.05) is 29.9 Å². The molecule has 0 radical (unpaired) electrons. The van der Waals surface area contributed by atoms with E-state index in [0.29, 0.717) is 11.6 Å². The molecule has 2 rings (SSSR count). The normalized spacial score (nSPS) is 12.4. The van der Waals surface area contributed by atoms with Gasteiger partial charge in [-0.05, 0) is 30.7 Å². The summed E-state index contributed by atoms with van der Waals surface area (Å²) in [5, 5.41) is 5.08. The van der Waals surface area contributed by atoms with E-state index < -0.39 is 0 Å². The Kier molecular flexibility index (Phi) is 5.04.